The maximum absolute atomic E-state index is 13.2. The molecule has 0 fully saturated rings. The first-order valence-electron chi connectivity index (χ1n) is 10.4. The molecular formula is C24H21F3N4O2S. The van der Waals surface area contributed by atoms with E-state index in [0.717, 1.165) is 31.5 Å². The quantitative estimate of drug-likeness (QED) is 0.521. The van der Waals surface area contributed by atoms with Crippen molar-refractivity contribution in [2.24, 2.45) is 0 Å². The number of benzene rings is 1. The van der Waals surface area contributed by atoms with E-state index in [-0.39, 0.29) is 4.90 Å². The number of halogens is 3. The van der Waals surface area contributed by atoms with Gasteiger partial charge in [0.25, 0.3) is 0 Å². The Labute approximate surface area is 195 Å². The van der Waals surface area contributed by atoms with Crippen LogP contribution >= 0.6 is 0 Å². The molecule has 0 spiro atoms. The third kappa shape index (κ3) is 3.91. The van der Waals surface area contributed by atoms with E-state index >= 15 is 0 Å². The zero-order chi connectivity index (χ0) is 24.9. The molecule has 176 valence electrons. The van der Waals surface area contributed by atoms with Gasteiger partial charge in [0.1, 0.15) is 17.3 Å². The topological polar surface area (TPSA) is 87.8 Å². The molecule has 0 unspecified atom stereocenters. The summed E-state index contributed by atoms with van der Waals surface area (Å²) in [6, 6.07) is 9.55. The van der Waals surface area contributed by atoms with Gasteiger partial charge < -0.3 is 0 Å². The number of sulfonamides is 1. The number of alkyl halides is 3. The Morgan fingerprint density at radius 3 is 2.32 bits per heavy atom. The number of nitrogens with one attached hydrogen (secondary N) is 1. The fourth-order valence-electron chi connectivity index (χ4n) is 3.62. The Bertz CT molecular complexity index is 1490. The molecule has 6 nitrogen and oxygen atoms in total. The zero-order valence-corrected chi connectivity index (χ0v) is 19.4. The summed E-state index contributed by atoms with van der Waals surface area (Å²) in [5.41, 5.74) is 1.16. The molecular weight excluding hydrogens is 465 g/mol. The summed E-state index contributed by atoms with van der Waals surface area (Å²) in [5.74, 6) is 0. The van der Waals surface area contributed by atoms with E-state index in [2.05, 4.69) is 11.1 Å². The lowest BCUT2D eigenvalue weighted by molar-refractivity contribution is -0.180. The Kier molecular flexibility index (Phi) is 5.66. The molecule has 10 heteroatoms. The standard InChI is InChI=1S/C24H21F3N4O2S/c1-4-15-12-19-20(13-28)21(31(17-6-5-7-17)22(19)29-14-15)16-8-10-18(11-9-16)34(32,33)30-23(2,3)24(25,26)27/h5-12,14,30H,4H2,1-3H3. The van der Waals surface area contributed by atoms with Gasteiger partial charge in [-0.3, -0.25) is 4.57 Å². The second-order valence-electron chi connectivity index (χ2n) is 8.44. The Morgan fingerprint density at radius 1 is 1.18 bits per heavy atom. The SMILES string of the molecule is CCc1cnc2c(c1)c(C#N)c(-c1ccc(S(=O)(=O)NC(C)(C)C(F)(F)F)cc1)n2C1=CC=C1. The average molecular weight is 487 g/mol. The minimum atomic E-state index is -4.77. The van der Waals surface area contributed by atoms with E-state index in [1.54, 1.807) is 10.9 Å². The van der Waals surface area contributed by atoms with Gasteiger partial charge in [0.15, 0.2) is 0 Å². The second-order valence-corrected chi connectivity index (χ2v) is 10.1. The molecule has 1 aliphatic carbocycles. The molecule has 1 aromatic carbocycles. The van der Waals surface area contributed by atoms with E-state index in [1.807, 2.05) is 35.8 Å². The number of hydrogen-bond acceptors (Lipinski definition) is 4. The third-order valence-corrected chi connectivity index (χ3v) is 7.39. The highest BCUT2D eigenvalue weighted by Gasteiger charge is 2.49. The van der Waals surface area contributed by atoms with Gasteiger partial charge in [0, 0.05) is 22.8 Å². The number of hydrogen-bond donors (Lipinski definition) is 1. The Morgan fingerprint density at radius 2 is 1.82 bits per heavy atom. The molecule has 3 aromatic rings. The first-order chi connectivity index (χ1) is 15.9. The van der Waals surface area contributed by atoms with E-state index in [4.69, 9.17) is 0 Å². The second kappa shape index (κ2) is 8.11. The lowest BCUT2D eigenvalue weighted by Crippen LogP contribution is -2.54. The molecule has 0 saturated heterocycles. The average Bonchev–Trinajstić information content (AvgIpc) is 3.04. The summed E-state index contributed by atoms with van der Waals surface area (Å²) in [6.07, 6.45) is 3.29. The Balaban J connectivity index is 1.83. The van der Waals surface area contributed by atoms with Gasteiger partial charge >= 0.3 is 6.18 Å². The number of aryl methyl sites for hydroxylation is 1. The van der Waals surface area contributed by atoms with Crippen LogP contribution in [-0.2, 0) is 16.4 Å². The fraction of sp³-hybridized carbons (Fsp3) is 0.250. The molecule has 0 saturated carbocycles. The molecule has 2 aromatic heterocycles. The van der Waals surface area contributed by atoms with Crippen molar-refractivity contribution in [1.29, 1.82) is 5.26 Å². The maximum atomic E-state index is 13.2. The smallest absolute Gasteiger partial charge is 0.293 e. The summed E-state index contributed by atoms with van der Waals surface area (Å²) in [7, 11) is -4.45. The first-order valence-corrected chi connectivity index (χ1v) is 11.9. The molecule has 0 atom stereocenters. The maximum Gasteiger partial charge on any atom is 0.407 e. The van der Waals surface area contributed by atoms with Crippen LogP contribution in [0.15, 0.2) is 59.7 Å². The van der Waals surface area contributed by atoms with Crippen LogP contribution in [-0.4, -0.2) is 29.7 Å². The molecule has 4 rings (SSSR count). The number of aromatic nitrogens is 2. The van der Waals surface area contributed by atoms with Gasteiger partial charge in [-0.2, -0.15) is 23.2 Å². The van der Waals surface area contributed by atoms with Gasteiger partial charge in [0.05, 0.1) is 16.2 Å². The van der Waals surface area contributed by atoms with Crippen molar-refractivity contribution in [3.05, 3.63) is 65.9 Å². The predicted molar refractivity (Wildman–Crippen MR) is 123 cm³/mol. The summed E-state index contributed by atoms with van der Waals surface area (Å²) in [5, 5.41) is 10.6. The van der Waals surface area contributed by atoms with Crippen molar-refractivity contribution >= 4 is 26.8 Å². The molecule has 0 radical (unpaired) electrons. The summed E-state index contributed by atoms with van der Waals surface area (Å²) >= 11 is 0. The van der Waals surface area contributed by atoms with E-state index in [9.17, 15) is 26.9 Å². The lowest BCUT2D eigenvalue weighted by Gasteiger charge is -2.28. The minimum absolute atomic E-state index is 0.316. The van der Waals surface area contributed by atoms with Crippen LogP contribution in [0.3, 0.4) is 0 Å². The van der Waals surface area contributed by atoms with Crippen LogP contribution in [0, 0.1) is 11.3 Å². The molecule has 1 aliphatic rings. The van der Waals surface area contributed by atoms with Crippen LogP contribution in [0.25, 0.3) is 28.0 Å². The predicted octanol–water partition coefficient (Wildman–Crippen LogP) is 5.17. The third-order valence-electron chi connectivity index (χ3n) is 5.71. The van der Waals surface area contributed by atoms with Gasteiger partial charge in [-0.05, 0) is 56.2 Å². The molecule has 34 heavy (non-hydrogen) atoms. The first kappa shape index (κ1) is 23.7. The van der Waals surface area contributed by atoms with Gasteiger partial charge in [-0.25, -0.2) is 13.4 Å². The van der Waals surface area contributed by atoms with Crippen LogP contribution in [0.5, 0.6) is 0 Å². The van der Waals surface area contributed by atoms with Crippen LogP contribution in [0.4, 0.5) is 13.2 Å². The molecule has 2 heterocycles. The van der Waals surface area contributed by atoms with Crippen LogP contribution < -0.4 is 4.72 Å². The number of rotatable bonds is 6. The lowest BCUT2D eigenvalue weighted by atomic mass is 10.1. The molecule has 0 bridgehead atoms. The molecule has 0 aliphatic heterocycles. The molecule has 1 N–H and O–H groups in total. The highest BCUT2D eigenvalue weighted by Crippen LogP contribution is 2.38. The van der Waals surface area contributed by atoms with Crippen molar-refractivity contribution in [3.63, 3.8) is 0 Å². The van der Waals surface area contributed by atoms with Crippen molar-refractivity contribution < 1.29 is 21.6 Å². The van der Waals surface area contributed by atoms with Gasteiger partial charge in [0.2, 0.25) is 10.0 Å². The van der Waals surface area contributed by atoms with Crippen molar-refractivity contribution in [2.75, 3.05) is 0 Å². The van der Waals surface area contributed by atoms with Crippen molar-refractivity contribution in [3.8, 4) is 17.3 Å². The monoisotopic (exact) mass is 486 g/mol. The largest absolute Gasteiger partial charge is 0.407 e. The summed E-state index contributed by atoms with van der Waals surface area (Å²) in [4.78, 5) is 4.24. The molecule has 0 amide bonds. The van der Waals surface area contributed by atoms with Gasteiger partial charge in [-0.1, -0.05) is 25.1 Å². The van der Waals surface area contributed by atoms with E-state index in [0.29, 0.717) is 27.9 Å². The highest BCUT2D eigenvalue weighted by atomic mass is 32.2. The number of nitriles is 1. The zero-order valence-electron chi connectivity index (χ0n) is 18.6. The highest BCUT2D eigenvalue weighted by molar-refractivity contribution is 7.89. The van der Waals surface area contributed by atoms with Crippen molar-refractivity contribution in [1.82, 2.24) is 14.3 Å². The summed E-state index contributed by atoms with van der Waals surface area (Å²) in [6.45, 7) is 3.50. The Hall–Kier alpha value is -3.42. The van der Waals surface area contributed by atoms with Crippen LogP contribution in [0.2, 0.25) is 0 Å². The summed E-state index contributed by atoms with van der Waals surface area (Å²) < 4.78 is 68.3. The number of allylic oxidation sites excluding steroid dienone is 4. The van der Waals surface area contributed by atoms with E-state index < -0.39 is 21.7 Å². The van der Waals surface area contributed by atoms with Crippen molar-refractivity contribution in [2.45, 2.75) is 43.8 Å². The fourth-order valence-corrected chi connectivity index (χ4v) is 5.02. The normalized spacial score (nSPS) is 14.1. The van der Waals surface area contributed by atoms with Gasteiger partial charge in [-0.15, -0.1) is 0 Å². The number of nitrogens with zero attached hydrogens (tertiary/aromatic N) is 3. The van der Waals surface area contributed by atoms with Crippen LogP contribution in [0.1, 0.15) is 31.9 Å². The number of fused-ring (bicyclic) bond motifs is 1. The van der Waals surface area contributed by atoms with E-state index in [1.165, 1.54) is 24.3 Å². The number of pyridine rings is 1. The minimum Gasteiger partial charge on any atom is -0.293 e.